The summed E-state index contributed by atoms with van der Waals surface area (Å²) in [5.41, 5.74) is 2.17. The number of amides is 3. The molecule has 0 aromatic heterocycles. The van der Waals surface area contributed by atoms with Crippen LogP contribution in [-0.2, 0) is 16.1 Å². The zero-order valence-corrected chi connectivity index (χ0v) is 15.1. The van der Waals surface area contributed by atoms with E-state index in [1.54, 1.807) is 30.3 Å². The van der Waals surface area contributed by atoms with Gasteiger partial charge in [0.2, 0.25) is 11.8 Å². The van der Waals surface area contributed by atoms with Gasteiger partial charge in [-0.15, -0.1) is 0 Å². The first-order valence-electron chi connectivity index (χ1n) is 8.43. The third kappa shape index (κ3) is 3.94. The molecule has 1 aliphatic rings. The number of likely N-dealkylation sites (tertiary alicyclic amines) is 1. The Morgan fingerprint density at radius 1 is 1.08 bits per heavy atom. The Kier molecular flexibility index (Phi) is 5.38. The number of halogens is 1. The van der Waals surface area contributed by atoms with Crippen molar-refractivity contribution in [3.05, 3.63) is 70.2 Å². The SMILES string of the molecule is C[C@@H](NC(=O)c1ccc(CN2C(=O)CCC2=O)cc1)c1ccccc1Cl. The van der Waals surface area contributed by atoms with Crippen molar-refractivity contribution in [2.24, 2.45) is 0 Å². The minimum absolute atomic E-state index is 0.148. The minimum Gasteiger partial charge on any atom is -0.345 e. The van der Waals surface area contributed by atoms with Gasteiger partial charge in [-0.3, -0.25) is 19.3 Å². The molecular formula is C20H19ClN2O3. The van der Waals surface area contributed by atoms with Crippen molar-refractivity contribution in [1.82, 2.24) is 10.2 Å². The van der Waals surface area contributed by atoms with E-state index in [2.05, 4.69) is 5.32 Å². The number of hydrogen-bond donors (Lipinski definition) is 1. The Hall–Kier alpha value is -2.66. The van der Waals surface area contributed by atoms with Crippen molar-refractivity contribution >= 4 is 29.3 Å². The van der Waals surface area contributed by atoms with Crippen molar-refractivity contribution in [3.8, 4) is 0 Å². The first-order chi connectivity index (χ1) is 12.5. The minimum atomic E-state index is -0.226. The number of nitrogens with zero attached hydrogens (tertiary/aromatic N) is 1. The molecule has 2 aromatic carbocycles. The van der Waals surface area contributed by atoms with E-state index in [0.717, 1.165) is 11.1 Å². The van der Waals surface area contributed by atoms with Crippen LogP contribution in [0.2, 0.25) is 5.02 Å². The topological polar surface area (TPSA) is 66.5 Å². The monoisotopic (exact) mass is 370 g/mol. The van der Waals surface area contributed by atoms with Gasteiger partial charge in [-0.2, -0.15) is 0 Å². The zero-order chi connectivity index (χ0) is 18.7. The van der Waals surface area contributed by atoms with E-state index >= 15 is 0 Å². The molecule has 0 aliphatic carbocycles. The van der Waals surface area contributed by atoms with E-state index in [1.165, 1.54) is 4.90 Å². The Morgan fingerprint density at radius 3 is 2.31 bits per heavy atom. The first kappa shape index (κ1) is 18.1. The molecule has 1 N–H and O–H groups in total. The molecule has 0 spiro atoms. The maximum atomic E-state index is 12.4. The number of nitrogens with one attached hydrogen (secondary N) is 1. The molecular weight excluding hydrogens is 352 g/mol. The molecule has 1 aliphatic heterocycles. The fraction of sp³-hybridized carbons (Fsp3) is 0.250. The van der Waals surface area contributed by atoms with Crippen LogP contribution in [0.15, 0.2) is 48.5 Å². The predicted octanol–water partition coefficient (Wildman–Crippen LogP) is 3.48. The van der Waals surface area contributed by atoms with E-state index < -0.39 is 0 Å². The highest BCUT2D eigenvalue weighted by Crippen LogP contribution is 2.22. The second-order valence-corrected chi connectivity index (χ2v) is 6.69. The molecule has 3 rings (SSSR count). The number of imide groups is 1. The normalized spacial score (nSPS) is 15.2. The van der Waals surface area contributed by atoms with Gasteiger partial charge in [-0.25, -0.2) is 0 Å². The highest BCUT2D eigenvalue weighted by atomic mass is 35.5. The lowest BCUT2D eigenvalue weighted by Crippen LogP contribution is -2.28. The summed E-state index contributed by atoms with van der Waals surface area (Å²) in [6.45, 7) is 2.12. The van der Waals surface area contributed by atoms with Crippen molar-refractivity contribution in [3.63, 3.8) is 0 Å². The van der Waals surface area contributed by atoms with Gasteiger partial charge in [-0.1, -0.05) is 41.9 Å². The predicted molar refractivity (Wildman–Crippen MR) is 98.6 cm³/mol. The van der Waals surface area contributed by atoms with Crippen molar-refractivity contribution < 1.29 is 14.4 Å². The summed E-state index contributed by atoms with van der Waals surface area (Å²) in [4.78, 5) is 37.0. The maximum Gasteiger partial charge on any atom is 0.251 e. The van der Waals surface area contributed by atoms with Crippen LogP contribution in [0.25, 0.3) is 0 Å². The van der Waals surface area contributed by atoms with Crippen molar-refractivity contribution in [1.29, 1.82) is 0 Å². The Labute approximate surface area is 156 Å². The van der Waals surface area contributed by atoms with Crippen LogP contribution in [0.4, 0.5) is 0 Å². The molecule has 3 amide bonds. The van der Waals surface area contributed by atoms with Crippen LogP contribution >= 0.6 is 11.6 Å². The van der Waals surface area contributed by atoms with E-state index in [4.69, 9.17) is 11.6 Å². The average Bonchev–Trinajstić information content (AvgIpc) is 2.94. The third-order valence-corrected chi connectivity index (χ3v) is 4.78. The van der Waals surface area contributed by atoms with E-state index in [9.17, 15) is 14.4 Å². The van der Waals surface area contributed by atoms with Gasteiger partial charge in [0.15, 0.2) is 0 Å². The second kappa shape index (κ2) is 7.70. The lowest BCUT2D eigenvalue weighted by Gasteiger charge is -2.16. The van der Waals surface area contributed by atoms with E-state index in [1.807, 2.05) is 25.1 Å². The van der Waals surface area contributed by atoms with Gasteiger partial charge in [-0.05, 0) is 36.2 Å². The molecule has 0 radical (unpaired) electrons. The van der Waals surface area contributed by atoms with Gasteiger partial charge in [0.25, 0.3) is 5.91 Å². The molecule has 134 valence electrons. The van der Waals surface area contributed by atoms with Gasteiger partial charge >= 0.3 is 0 Å². The molecule has 5 nitrogen and oxygen atoms in total. The molecule has 6 heteroatoms. The first-order valence-corrected chi connectivity index (χ1v) is 8.81. The number of carbonyl (C=O) groups excluding carboxylic acids is 3. The summed E-state index contributed by atoms with van der Waals surface area (Å²) < 4.78 is 0. The van der Waals surface area contributed by atoms with Crippen molar-refractivity contribution in [2.45, 2.75) is 32.4 Å². The largest absolute Gasteiger partial charge is 0.345 e. The van der Waals surface area contributed by atoms with Gasteiger partial charge in [0.05, 0.1) is 12.6 Å². The van der Waals surface area contributed by atoms with Crippen molar-refractivity contribution in [2.75, 3.05) is 0 Å². The lowest BCUT2D eigenvalue weighted by atomic mass is 10.1. The zero-order valence-electron chi connectivity index (χ0n) is 14.4. The molecule has 0 unspecified atom stereocenters. The summed E-state index contributed by atoms with van der Waals surface area (Å²) in [6.07, 6.45) is 0.554. The summed E-state index contributed by atoms with van der Waals surface area (Å²) in [5, 5.41) is 3.52. The Bertz CT molecular complexity index is 832. The van der Waals surface area contributed by atoms with Gasteiger partial charge in [0.1, 0.15) is 0 Å². The van der Waals surface area contributed by atoms with Crippen LogP contribution < -0.4 is 5.32 Å². The summed E-state index contributed by atoms with van der Waals surface area (Å²) in [6, 6.07) is 14.0. The molecule has 2 aromatic rings. The number of hydrogen-bond acceptors (Lipinski definition) is 3. The van der Waals surface area contributed by atoms with Gasteiger partial charge in [0, 0.05) is 23.4 Å². The Morgan fingerprint density at radius 2 is 1.69 bits per heavy atom. The second-order valence-electron chi connectivity index (χ2n) is 6.29. The van der Waals surface area contributed by atoms with Crippen LogP contribution in [0.3, 0.4) is 0 Å². The highest BCUT2D eigenvalue weighted by molar-refractivity contribution is 6.31. The summed E-state index contributed by atoms with van der Waals surface area (Å²) in [7, 11) is 0. The van der Waals surface area contributed by atoms with Gasteiger partial charge < -0.3 is 5.32 Å². The molecule has 1 atom stereocenters. The molecule has 0 saturated carbocycles. The fourth-order valence-corrected chi connectivity index (χ4v) is 3.23. The van der Waals surface area contributed by atoms with E-state index in [0.29, 0.717) is 10.6 Å². The van der Waals surface area contributed by atoms with Crippen LogP contribution in [0.5, 0.6) is 0 Å². The lowest BCUT2D eigenvalue weighted by molar-refractivity contribution is -0.139. The maximum absolute atomic E-state index is 12.4. The van der Waals surface area contributed by atoms with Crippen LogP contribution in [0, 0.1) is 0 Å². The fourth-order valence-electron chi connectivity index (χ4n) is 2.93. The molecule has 1 fully saturated rings. The standard InChI is InChI=1S/C20H19ClN2O3/c1-13(16-4-2-3-5-17(16)21)22-20(26)15-8-6-14(7-9-15)12-23-18(24)10-11-19(23)25/h2-9,13H,10-12H2,1H3,(H,22,26)/t13-/m1/s1. The summed E-state index contributed by atoms with van der Waals surface area (Å²) >= 11 is 6.16. The molecule has 0 bridgehead atoms. The quantitative estimate of drug-likeness (QED) is 0.819. The molecule has 1 saturated heterocycles. The molecule has 26 heavy (non-hydrogen) atoms. The van der Waals surface area contributed by atoms with E-state index in [-0.39, 0.29) is 43.1 Å². The van der Waals surface area contributed by atoms with Crippen LogP contribution in [0.1, 0.15) is 47.3 Å². The molecule has 1 heterocycles. The smallest absolute Gasteiger partial charge is 0.251 e. The number of carbonyl (C=O) groups is 3. The highest BCUT2D eigenvalue weighted by Gasteiger charge is 2.28. The summed E-state index contributed by atoms with van der Waals surface area (Å²) in [5.74, 6) is -0.506. The average molecular weight is 371 g/mol. The van der Waals surface area contributed by atoms with Crippen LogP contribution in [-0.4, -0.2) is 22.6 Å². The number of benzene rings is 2. The number of rotatable bonds is 5. The Balaban J connectivity index is 1.64. The third-order valence-electron chi connectivity index (χ3n) is 4.43.